The van der Waals surface area contributed by atoms with Crippen LogP contribution in [-0.4, -0.2) is 12.1 Å². The van der Waals surface area contributed by atoms with E-state index in [9.17, 15) is 0 Å². The molecule has 0 aliphatic heterocycles. The molecule has 0 radical (unpaired) electrons. The van der Waals surface area contributed by atoms with Gasteiger partial charge in [0.2, 0.25) is 0 Å². The molecule has 2 nitrogen and oxygen atoms in total. The normalized spacial score (nSPS) is 26.6. The highest BCUT2D eigenvalue weighted by atomic mass is 16.5. The average Bonchev–Trinajstić information content (AvgIpc) is 2.01. The van der Waals surface area contributed by atoms with Crippen molar-refractivity contribution in [1.29, 1.82) is 0 Å². The van der Waals surface area contributed by atoms with Crippen molar-refractivity contribution in [2.75, 3.05) is 0 Å². The lowest BCUT2D eigenvalue weighted by atomic mass is 9.90. The van der Waals surface area contributed by atoms with Gasteiger partial charge in [-0.05, 0) is 37.5 Å². The molecule has 1 saturated carbocycles. The summed E-state index contributed by atoms with van der Waals surface area (Å²) in [6.45, 7) is 2.07. The summed E-state index contributed by atoms with van der Waals surface area (Å²) in [4.78, 5) is 0. The molecule has 0 unspecified atom stereocenters. The number of benzene rings is 1. The maximum absolute atomic E-state index is 5.72. The zero-order valence-corrected chi connectivity index (χ0v) is 7.86. The molecule has 0 heterocycles. The van der Waals surface area contributed by atoms with Gasteiger partial charge in [0.05, 0.1) is 0 Å². The fourth-order valence-electron chi connectivity index (χ4n) is 1.58. The van der Waals surface area contributed by atoms with Crippen LogP contribution in [0.4, 0.5) is 0 Å². The lowest BCUT2D eigenvalue weighted by molar-refractivity contribution is 0.101. The van der Waals surface area contributed by atoms with Gasteiger partial charge < -0.3 is 10.5 Å². The molecule has 1 aliphatic carbocycles. The summed E-state index contributed by atoms with van der Waals surface area (Å²) in [5, 5.41) is 0. The highest BCUT2D eigenvalue weighted by Gasteiger charge is 2.27. The van der Waals surface area contributed by atoms with Crippen LogP contribution in [0, 0.1) is 6.92 Å². The lowest BCUT2D eigenvalue weighted by Crippen LogP contribution is -2.43. The van der Waals surface area contributed by atoms with Crippen molar-refractivity contribution in [2.45, 2.75) is 31.9 Å². The van der Waals surface area contributed by atoms with E-state index in [-0.39, 0.29) is 0 Å². The number of rotatable bonds is 2. The third-order valence-electron chi connectivity index (χ3n) is 2.42. The number of aryl methyl sites for hydroxylation is 1. The first-order valence-corrected chi connectivity index (χ1v) is 4.73. The summed E-state index contributed by atoms with van der Waals surface area (Å²) >= 11 is 0. The molecule has 2 heteroatoms. The first-order valence-electron chi connectivity index (χ1n) is 4.73. The Labute approximate surface area is 78.7 Å². The van der Waals surface area contributed by atoms with E-state index in [1.54, 1.807) is 0 Å². The van der Waals surface area contributed by atoms with Crippen molar-refractivity contribution < 1.29 is 4.74 Å². The van der Waals surface area contributed by atoms with Gasteiger partial charge in [-0.3, -0.25) is 0 Å². The minimum absolute atomic E-state index is 0.344. The van der Waals surface area contributed by atoms with Crippen molar-refractivity contribution in [3.63, 3.8) is 0 Å². The van der Waals surface area contributed by atoms with Crippen molar-refractivity contribution >= 4 is 0 Å². The second-order valence-corrected chi connectivity index (χ2v) is 3.79. The fraction of sp³-hybridized carbons (Fsp3) is 0.455. The molecule has 0 amide bonds. The molecule has 0 spiro atoms. The average molecular weight is 177 g/mol. The van der Waals surface area contributed by atoms with Gasteiger partial charge in [-0.25, -0.2) is 0 Å². The monoisotopic (exact) mass is 177 g/mol. The van der Waals surface area contributed by atoms with Gasteiger partial charge in [-0.2, -0.15) is 0 Å². The summed E-state index contributed by atoms with van der Waals surface area (Å²) < 4.78 is 5.72. The Balaban J connectivity index is 1.94. The Hall–Kier alpha value is -1.02. The highest BCUT2D eigenvalue weighted by molar-refractivity contribution is 5.27. The maximum Gasteiger partial charge on any atom is 0.119 e. The molecule has 1 fully saturated rings. The molecule has 0 bridgehead atoms. The summed E-state index contributed by atoms with van der Waals surface area (Å²) in [6, 6.07) is 8.50. The first kappa shape index (κ1) is 8.57. The van der Waals surface area contributed by atoms with Crippen molar-refractivity contribution in [2.24, 2.45) is 5.73 Å². The van der Waals surface area contributed by atoms with Gasteiger partial charge in [0.15, 0.2) is 0 Å². The van der Waals surface area contributed by atoms with Crippen LogP contribution in [0.15, 0.2) is 24.3 Å². The highest BCUT2D eigenvalue weighted by Crippen LogP contribution is 2.24. The molecular formula is C11H15NO. The Bertz CT molecular complexity index is 292. The van der Waals surface area contributed by atoms with Gasteiger partial charge in [-0.1, -0.05) is 12.1 Å². The molecule has 0 atom stereocenters. The van der Waals surface area contributed by atoms with E-state index in [2.05, 4.69) is 19.1 Å². The molecule has 1 aromatic rings. The van der Waals surface area contributed by atoms with E-state index in [0.717, 1.165) is 18.6 Å². The Morgan fingerprint density at radius 2 is 2.15 bits per heavy atom. The molecule has 0 aromatic heterocycles. The minimum atomic E-state index is 0.344. The Kier molecular flexibility index (Phi) is 2.23. The summed E-state index contributed by atoms with van der Waals surface area (Å²) in [6.07, 6.45) is 2.33. The smallest absolute Gasteiger partial charge is 0.119 e. The second-order valence-electron chi connectivity index (χ2n) is 3.79. The fourth-order valence-corrected chi connectivity index (χ4v) is 1.58. The zero-order chi connectivity index (χ0) is 9.26. The third kappa shape index (κ3) is 2.01. The van der Waals surface area contributed by atoms with Crippen molar-refractivity contribution in [3.8, 4) is 5.75 Å². The molecule has 70 valence electrons. The predicted octanol–water partition coefficient (Wildman–Crippen LogP) is 1.86. The third-order valence-corrected chi connectivity index (χ3v) is 2.42. The molecular weight excluding hydrogens is 162 g/mol. The van der Waals surface area contributed by atoms with Crippen LogP contribution in [0.2, 0.25) is 0 Å². The summed E-state index contributed by atoms with van der Waals surface area (Å²) in [5.41, 5.74) is 6.91. The first-order chi connectivity index (χ1) is 6.24. The van der Waals surface area contributed by atoms with Gasteiger partial charge in [0.1, 0.15) is 11.9 Å². The number of ether oxygens (including phenoxy) is 1. The van der Waals surface area contributed by atoms with E-state index < -0.39 is 0 Å². The van der Waals surface area contributed by atoms with E-state index in [1.165, 1.54) is 5.56 Å². The van der Waals surface area contributed by atoms with E-state index in [0.29, 0.717) is 12.1 Å². The molecule has 1 aliphatic rings. The van der Waals surface area contributed by atoms with Crippen LogP contribution >= 0.6 is 0 Å². The van der Waals surface area contributed by atoms with Crippen LogP contribution in [0.1, 0.15) is 18.4 Å². The van der Waals surface area contributed by atoms with Crippen LogP contribution < -0.4 is 10.5 Å². The van der Waals surface area contributed by atoms with Gasteiger partial charge in [-0.15, -0.1) is 0 Å². The van der Waals surface area contributed by atoms with Crippen molar-refractivity contribution in [1.82, 2.24) is 0 Å². The zero-order valence-electron chi connectivity index (χ0n) is 7.86. The number of nitrogens with two attached hydrogens (primary N) is 1. The molecule has 13 heavy (non-hydrogen) atoms. The number of hydrogen-bond donors (Lipinski definition) is 1. The molecule has 1 aromatic carbocycles. The second kappa shape index (κ2) is 3.38. The Morgan fingerprint density at radius 3 is 2.77 bits per heavy atom. The number of hydrogen-bond acceptors (Lipinski definition) is 2. The quantitative estimate of drug-likeness (QED) is 0.748. The summed E-state index contributed by atoms with van der Waals surface area (Å²) in [7, 11) is 0. The van der Waals surface area contributed by atoms with E-state index in [1.807, 2.05) is 12.1 Å². The SMILES string of the molecule is Cc1cccc(O[C@H]2C[C@@H](N)C2)c1. The predicted molar refractivity (Wildman–Crippen MR) is 52.8 cm³/mol. The van der Waals surface area contributed by atoms with Crippen LogP contribution in [0.5, 0.6) is 5.75 Å². The maximum atomic E-state index is 5.72. The van der Waals surface area contributed by atoms with Gasteiger partial charge >= 0.3 is 0 Å². The largest absolute Gasteiger partial charge is 0.490 e. The van der Waals surface area contributed by atoms with E-state index in [4.69, 9.17) is 10.5 Å². The standard InChI is InChI=1S/C11H15NO/c1-8-3-2-4-10(5-8)13-11-6-9(12)7-11/h2-5,9,11H,6-7,12H2,1H3/t9-,11+. The molecule has 2 N–H and O–H groups in total. The van der Waals surface area contributed by atoms with Gasteiger partial charge in [0.25, 0.3) is 0 Å². The van der Waals surface area contributed by atoms with E-state index >= 15 is 0 Å². The topological polar surface area (TPSA) is 35.2 Å². The molecule has 0 saturated heterocycles. The summed E-state index contributed by atoms with van der Waals surface area (Å²) in [5.74, 6) is 0.969. The van der Waals surface area contributed by atoms with Crippen LogP contribution in [0.3, 0.4) is 0 Å². The van der Waals surface area contributed by atoms with Crippen LogP contribution in [0.25, 0.3) is 0 Å². The van der Waals surface area contributed by atoms with Crippen molar-refractivity contribution in [3.05, 3.63) is 29.8 Å². The minimum Gasteiger partial charge on any atom is -0.490 e. The lowest BCUT2D eigenvalue weighted by Gasteiger charge is -2.32. The van der Waals surface area contributed by atoms with Crippen LogP contribution in [-0.2, 0) is 0 Å². The van der Waals surface area contributed by atoms with Gasteiger partial charge in [0, 0.05) is 6.04 Å². The molecule has 2 rings (SSSR count). The Morgan fingerprint density at radius 1 is 1.38 bits per heavy atom.